The van der Waals surface area contributed by atoms with Crippen LogP contribution in [0.15, 0.2) is 54.6 Å². The minimum absolute atomic E-state index is 0.105. The molecular formula is C21H27FN2O2. The smallest absolute Gasteiger partial charge is 0.260 e. The molecule has 4 nitrogen and oxygen atoms in total. The van der Waals surface area contributed by atoms with Gasteiger partial charge in [0.05, 0.1) is 6.04 Å². The highest BCUT2D eigenvalue weighted by atomic mass is 19.1. The van der Waals surface area contributed by atoms with E-state index in [0.29, 0.717) is 12.3 Å². The van der Waals surface area contributed by atoms with E-state index in [1.807, 2.05) is 18.2 Å². The predicted molar refractivity (Wildman–Crippen MR) is 102 cm³/mol. The van der Waals surface area contributed by atoms with Crippen molar-refractivity contribution in [2.75, 3.05) is 19.6 Å². The number of nitrogens with zero attached hydrogens (tertiary/aromatic N) is 1. The summed E-state index contributed by atoms with van der Waals surface area (Å²) in [5, 5.41) is 2.98. The second-order valence-electron chi connectivity index (χ2n) is 6.11. The van der Waals surface area contributed by atoms with Crippen LogP contribution < -0.4 is 10.1 Å². The molecule has 140 valence electrons. The van der Waals surface area contributed by atoms with Crippen molar-refractivity contribution in [3.8, 4) is 5.75 Å². The third-order valence-electron chi connectivity index (χ3n) is 4.40. The number of likely N-dealkylation sites (N-methyl/N-ethyl adjacent to an activating group) is 1. The van der Waals surface area contributed by atoms with E-state index in [4.69, 9.17) is 4.74 Å². The molecule has 2 atom stereocenters. The molecule has 5 heteroatoms. The van der Waals surface area contributed by atoms with Gasteiger partial charge in [0.25, 0.3) is 5.91 Å². The highest BCUT2D eigenvalue weighted by molar-refractivity contribution is 5.80. The van der Waals surface area contributed by atoms with Crippen LogP contribution in [0.1, 0.15) is 32.4 Å². The minimum atomic E-state index is -0.659. The van der Waals surface area contributed by atoms with Gasteiger partial charge in [-0.15, -0.1) is 0 Å². The molecule has 26 heavy (non-hydrogen) atoms. The van der Waals surface area contributed by atoms with Gasteiger partial charge in [-0.1, -0.05) is 44.2 Å². The van der Waals surface area contributed by atoms with E-state index in [2.05, 4.69) is 36.2 Å². The van der Waals surface area contributed by atoms with Gasteiger partial charge < -0.3 is 10.1 Å². The van der Waals surface area contributed by atoms with Gasteiger partial charge in [-0.2, -0.15) is 0 Å². The van der Waals surface area contributed by atoms with Crippen LogP contribution >= 0.6 is 0 Å². The number of hydrogen-bond acceptors (Lipinski definition) is 3. The molecular weight excluding hydrogens is 331 g/mol. The number of ether oxygens (including phenoxy) is 1. The molecule has 0 aliphatic heterocycles. The number of nitrogens with one attached hydrogen (secondary N) is 1. The van der Waals surface area contributed by atoms with Gasteiger partial charge in [-0.3, -0.25) is 9.69 Å². The Bertz CT molecular complexity index is 672. The molecule has 0 heterocycles. The molecule has 0 aliphatic rings. The first-order valence-corrected chi connectivity index (χ1v) is 9.04. The molecule has 0 saturated heterocycles. The highest BCUT2D eigenvalue weighted by Crippen LogP contribution is 2.19. The zero-order valence-corrected chi connectivity index (χ0v) is 15.6. The summed E-state index contributed by atoms with van der Waals surface area (Å²) in [6.07, 6.45) is -0.659. The van der Waals surface area contributed by atoms with E-state index in [0.717, 1.165) is 13.1 Å². The standard InChI is InChI=1S/C21H27FN2O2/c1-4-24(5-2)20(17-9-7-6-8-10-17)15-23-21(25)16(3)26-19-13-11-18(22)12-14-19/h6-14,16,20H,4-5,15H2,1-3H3,(H,23,25). The Morgan fingerprint density at radius 3 is 2.27 bits per heavy atom. The normalized spacial score (nSPS) is 13.3. The zero-order chi connectivity index (χ0) is 18.9. The lowest BCUT2D eigenvalue weighted by atomic mass is 10.0. The van der Waals surface area contributed by atoms with Crippen LogP contribution in [0.25, 0.3) is 0 Å². The van der Waals surface area contributed by atoms with E-state index in [-0.39, 0.29) is 17.8 Å². The lowest BCUT2D eigenvalue weighted by molar-refractivity contribution is -0.127. The number of amides is 1. The van der Waals surface area contributed by atoms with Gasteiger partial charge in [0.2, 0.25) is 0 Å². The van der Waals surface area contributed by atoms with E-state index in [1.165, 1.54) is 29.8 Å². The molecule has 2 aromatic rings. The van der Waals surface area contributed by atoms with E-state index in [9.17, 15) is 9.18 Å². The predicted octanol–water partition coefficient (Wildman–Crippen LogP) is 3.79. The monoisotopic (exact) mass is 358 g/mol. The van der Waals surface area contributed by atoms with Gasteiger partial charge in [0.15, 0.2) is 6.10 Å². The third-order valence-corrected chi connectivity index (χ3v) is 4.40. The summed E-state index contributed by atoms with van der Waals surface area (Å²) in [6.45, 7) is 8.21. The average Bonchev–Trinajstić information content (AvgIpc) is 2.67. The maximum Gasteiger partial charge on any atom is 0.260 e. The third kappa shape index (κ3) is 5.56. The summed E-state index contributed by atoms with van der Waals surface area (Å²) in [4.78, 5) is 14.7. The first kappa shape index (κ1) is 19.9. The topological polar surface area (TPSA) is 41.6 Å². The molecule has 1 N–H and O–H groups in total. The summed E-state index contributed by atoms with van der Waals surface area (Å²) in [5.41, 5.74) is 1.17. The second-order valence-corrected chi connectivity index (χ2v) is 6.11. The Morgan fingerprint density at radius 1 is 1.08 bits per heavy atom. The molecule has 2 aromatic carbocycles. The van der Waals surface area contributed by atoms with Crippen molar-refractivity contribution >= 4 is 5.91 Å². The number of rotatable bonds is 9. The number of hydrogen-bond donors (Lipinski definition) is 1. The fraction of sp³-hybridized carbons (Fsp3) is 0.381. The van der Waals surface area contributed by atoms with Crippen LogP contribution in [0, 0.1) is 5.82 Å². The zero-order valence-electron chi connectivity index (χ0n) is 15.6. The van der Waals surface area contributed by atoms with Gasteiger partial charge in [0, 0.05) is 6.54 Å². The number of carbonyl (C=O) groups excluding carboxylic acids is 1. The molecule has 0 saturated carbocycles. The van der Waals surface area contributed by atoms with Crippen molar-refractivity contribution < 1.29 is 13.9 Å². The number of benzene rings is 2. The van der Waals surface area contributed by atoms with Gasteiger partial charge >= 0.3 is 0 Å². The number of carbonyl (C=O) groups is 1. The number of halogens is 1. The quantitative estimate of drug-likeness (QED) is 0.741. The molecule has 0 fully saturated rings. The van der Waals surface area contributed by atoms with Crippen molar-refractivity contribution in [3.05, 3.63) is 66.0 Å². The maximum atomic E-state index is 13.0. The Hall–Kier alpha value is -2.40. The van der Waals surface area contributed by atoms with Crippen LogP contribution in [0.5, 0.6) is 5.75 Å². The molecule has 0 aliphatic carbocycles. The van der Waals surface area contributed by atoms with Crippen molar-refractivity contribution in [3.63, 3.8) is 0 Å². The largest absolute Gasteiger partial charge is 0.481 e. The Labute approximate surface area is 155 Å². The fourth-order valence-corrected chi connectivity index (χ4v) is 2.91. The molecule has 1 amide bonds. The Kier molecular flexibility index (Phi) is 7.60. The van der Waals surface area contributed by atoms with E-state index >= 15 is 0 Å². The highest BCUT2D eigenvalue weighted by Gasteiger charge is 2.21. The van der Waals surface area contributed by atoms with Crippen molar-refractivity contribution in [2.24, 2.45) is 0 Å². The Balaban J connectivity index is 1.98. The molecule has 0 bridgehead atoms. The molecule has 2 rings (SSSR count). The van der Waals surface area contributed by atoms with Crippen molar-refractivity contribution in [1.29, 1.82) is 0 Å². The van der Waals surface area contributed by atoms with Crippen molar-refractivity contribution in [2.45, 2.75) is 32.9 Å². The molecule has 0 spiro atoms. The lowest BCUT2D eigenvalue weighted by Gasteiger charge is -2.30. The summed E-state index contributed by atoms with van der Waals surface area (Å²) < 4.78 is 18.5. The van der Waals surface area contributed by atoms with Crippen molar-refractivity contribution in [1.82, 2.24) is 10.2 Å². The van der Waals surface area contributed by atoms with E-state index < -0.39 is 6.10 Å². The van der Waals surface area contributed by atoms with Gasteiger partial charge in [0.1, 0.15) is 11.6 Å². The summed E-state index contributed by atoms with van der Waals surface area (Å²) in [5.74, 6) is -0.0563. The molecule has 2 unspecified atom stereocenters. The van der Waals surface area contributed by atoms with E-state index in [1.54, 1.807) is 6.92 Å². The SMILES string of the molecule is CCN(CC)C(CNC(=O)C(C)Oc1ccc(F)cc1)c1ccccc1. The summed E-state index contributed by atoms with van der Waals surface area (Å²) in [6, 6.07) is 15.9. The minimum Gasteiger partial charge on any atom is -0.481 e. The fourth-order valence-electron chi connectivity index (χ4n) is 2.91. The first-order valence-electron chi connectivity index (χ1n) is 9.04. The van der Waals surface area contributed by atoms with Gasteiger partial charge in [-0.05, 0) is 49.8 Å². The average molecular weight is 358 g/mol. The first-order chi connectivity index (χ1) is 12.5. The Morgan fingerprint density at radius 2 is 1.69 bits per heavy atom. The van der Waals surface area contributed by atoms with Crippen LogP contribution in [0.2, 0.25) is 0 Å². The lowest BCUT2D eigenvalue weighted by Crippen LogP contribution is -2.42. The van der Waals surface area contributed by atoms with Crippen LogP contribution in [-0.2, 0) is 4.79 Å². The molecule has 0 radical (unpaired) electrons. The van der Waals surface area contributed by atoms with Crippen LogP contribution in [-0.4, -0.2) is 36.5 Å². The van der Waals surface area contributed by atoms with Gasteiger partial charge in [-0.25, -0.2) is 4.39 Å². The van der Waals surface area contributed by atoms with Crippen LogP contribution in [0.3, 0.4) is 0 Å². The summed E-state index contributed by atoms with van der Waals surface area (Å²) in [7, 11) is 0. The maximum absolute atomic E-state index is 13.0. The second kappa shape index (κ2) is 9.92. The van der Waals surface area contributed by atoms with Crippen LogP contribution in [0.4, 0.5) is 4.39 Å². The molecule has 0 aromatic heterocycles. The summed E-state index contributed by atoms with van der Waals surface area (Å²) >= 11 is 0.